The molecule has 1 amide bonds. The molecule has 1 aliphatic heterocycles. The van der Waals surface area contributed by atoms with E-state index in [0.717, 1.165) is 24.2 Å². The number of carbonyl (C=O) groups excluding carboxylic acids is 1. The summed E-state index contributed by atoms with van der Waals surface area (Å²) in [6.07, 6.45) is 3.83. The number of aryl methyl sites for hydroxylation is 1. The molecule has 1 aromatic carbocycles. The van der Waals surface area contributed by atoms with Crippen LogP contribution in [0.4, 0.5) is 0 Å². The first-order valence-corrected chi connectivity index (χ1v) is 9.30. The normalized spacial score (nSPS) is 16.9. The summed E-state index contributed by atoms with van der Waals surface area (Å²) in [5, 5.41) is 7.48. The second kappa shape index (κ2) is 7.75. The van der Waals surface area contributed by atoms with E-state index in [1.54, 1.807) is 11.3 Å². The molecule has 4 heteroatoms. The van der Waals surface area contributed by atoms with Crippen molar-refractivity contribution in [3.63, 3.8) is 0 Å². The highest BCUT2D eigenvalue weighted by molar-refractivity contribution is 7.07. The highest BCUT2D eigenvalue weighted by Crippen LogP contribution is 2.26. The van der Waals surface area contributed by atoms with Gasteiger partial charge in [-0.25, -0.2) is 0 Å². The van der Waals surface area contributed by atoms with Crippen LogP contribution in [-0.2, 0) is 0 Å². The number of hydrogen-bond acceptors (Lipinski definition) is 3. The maximum absolute atomic E-state index is 12.5. The molecule has 1 N–H and O–H groups in total. The second-order valence-corrected chi connectivity index (χ2v) is 6.97. The van der Waals surface area contributed by atoms with E-state index in [1.807, 2.05) is 31.2 Å². The van der Waals surface area contributed by atoms with Crippen LogP contribution in [0.3, 0.4) is 0 Å². The zero-order chi connectivity index (χ0) is 16.1. The molecule has 2 heterocycles. The van der Waals surface area contributed by atoms with Gasteiger partial charge in [-0.3, -0.25) is 9.69 Å². The predicted octanol–water partition coefficient (Wildman–Crippen LogP) is 4.01. The maximum Gasteiger partial charge on any atom is 0.251 e. The van der Waals surface area contributed by atoms with Crippen LogP contribution in [0.5, 0.6) is 0 Å². The lowest BCUT2D eigenvalue weighted by Crippen LogP contribution is -2.40. The van der Waals surface area contributed by atoms with Gasteiger partial charge in [0.15, 0.2) is 0 Å². The van der Waals surface area contributed by atoms with Gasteiger partial charge in [-0.1, -0.05) is 24.6 Å². The van der Waals surface area contributed by atoms with E-state index in [1.165, 1.54) is 24.8 Å². The van der Waals surface area contributed by atoms with E-state index in [0.29, 0.717) is 6.54 Å². The van der Waals surface area contributed by atoms with Crippen molar-refractivity contribution < 1.29 is 4.79 Å². The average Bonchev–Trinajstić information content (AvgIpc) is 3.10. The molecule has 0 radical (unpaired) electrons. The van der Waals surface area contributed by atoms with Gasteiger partial charge in [0, 0.05) is 12.1 Å². The number of piperidine rings is 1. The van der Waals surface area contributed by atoms with Crippen molar-refractivity contribution >= 4 is 17.2 Å². The molecule has 3 nitrogen and oxygen atoms in total. The number of amides is 1. The van der Waals surface area contributed by atoms with Crippen LogP contribution < -0.4 is 5.32 Å². The van der Waals surface area contributed by atoms with Crippen molar-refractivity contribution in [1.29, 1.82) is 0 Å². The van der Waals surface area contributed by atoms with Crippen molar-refractivity contribution in [2.45, 2.75) is 32.2 Å². The summed E-state index contributed by atoms with van der Waals surface area (Å²) in [4.78, 5) is 15.0. The number of thiophene rings is 1. The number of nitrogens with zero attached hydrogens (tertiary/aromatic N) is 1. The highest BCUT2D eigenvalue weighted by Gasteiger charge is 2.23. The topological polar surface area (TPSA) is 32.3 Å². The Morgan fingerprint density at radius 2 is 2.00 bits per heavy atom. The molecule has 0 spiro atoms. The molecule has 1 atom stereocenters. The van der Waals surface area contributed by atoms with Gasteiger partial charge in [-0.15, -0.1) is 0 Å². The largest absolute Gasteiger partial charge is 0.350 e. The zero-order valence-corrected chi connectivity index (χ0v) is 14.4. The van der Waals surface area contributed by atoms with Crippen molar-refractivity contribution in [1.82, 2.24) is 10.2 Å². The summed E-state index contributed by atoms with van der Waals surface area (Å²) in [6, 6.07) is 10.2. The van der Waals surface area contributed by atoms with Crippen LogP contribution in [0.25, 0.3) is 0 Å². The average molecular weight is 328 g/mol. The Morgan fingerprint density at radius 1 is 1.22 bits per heavy atom. The SMILES string of the molecule is Cc1ccccc1C(=O)NCC(c1ccsc1)N1CCCCC1. The van der Waals surface area contributed by atoms with Gasteiger partial charge in [0.25, 0.3) is 5.91 Å². The first kappa shape index (κ1) is 16.2. The third kappa shape index (κ3) is 4.01. The number of carbonyl (C=O) groups is 1. The summed E-state index contributed by atoms with van der Waals surface area (Å²) in [5.41, 5.74) is 3.12. The highest BCUT2D eigenvalue weighted by atomic mass is 32.1. The Labute approximate surface area is 142 Å². The summed E-state index contributed by atoms with van der Waals surface area (Å²) >= 11 is 1.73. The molecule has 23 heavy (non-hydrogen) atoms. The molecule has 2 aromatic rings. The van der Waals surface area contributed by atoms with E-state index >= 15 is 0 Å². The van der Waals surface area contributed by atoms with Gasteiger partial charge in [0.05, 0.1) is 6.04 Å². The summed E-state index contributed by atoms with van der Waals surface area (Å²) in [7, 11) is 0. The molecule has 122 valence electrons. The third-order valence-corrected chi connectivity index (χ3v) is 5.31. The molecule has 3 rings (SSSR count). The fourth-order valence-corrected chi connectivity index (χ4v) is 3.97. The summed E-state index contributed by atoms with van der Waals surface area (Å²) < 4.78 is 0. The maximum atomic E-state index is 12.5. The molecule has 1 unspecified atom stereocenters. The Kier molecular flexibility index (Phi) is 5.47. The van der Waals surface area contributed by atoms with Crippen LogP contribution in [0, 0.1) is 6.92 Å². The summed E-state index contributed by atoms with van der Waals surface area (Å²) in [5.74, 6) is 0.0281. The number of rotatable bonds is 5. The smallest absolute Gasteiger partial charge is 0.251 e. The van der Waals surface area contributed by atoms with Crippen LogP contribution in [0.15, 0.2) is 41.1 Å². The Balaban J connectivity index is 1.69. The van der Waals surface area contributed by atoms with Crippen molar-refractivity contribution in [2.24, 2.45) is 0 Å². The number of hydrogen-bond donors (Lipinski definition) is 1. The Morgan fingerprint density at radius 3 is 2.70 bits per heavy atom. The Hall–Kier alpha value is -1.65. The van der Waals surface area contributed by atoms with Crippen LogP contribution in [-0.4, -0.2) is 30.4 Å². The fraction of sp³-hybridized carbons (Fsp3) is 0.421. The second-order valence-electron chi connectivity index (χ2n) is 6.19. The van der Waals surface area contributed by atoms with Crippen LogP contribution in [0.1, 0.15) is 46.8 Å². The summed E-state index contributed by atoms with van der Waals surface area (Å²) in [6.45, 7) is 4.90. The number of benzene rings is 1. The monoisotopic (exact) mass is 328 g/mol. The molecule has 1 aromatic heterocycles. The van der Waals surface area contributed by atoms with Gasteiger partial charge >= 0.3 is 0 Å². The first-order valence-electron chi connectivity index (χ1n) is 8.35. The minimum Gasteiger partial charge on any atom is -0.350 e. The third-order valence-electron chi connectivity index (χ3n) is 4.61. The van der Waals surface area contributed by atoms with E-state index in [-0.39, 0.29) is 11.9 Å². The Bertz CT molecular complexity index is 633. The van der Waals surface area contributed by atoms with Crippen LogP contribution in [0.2, 0.25) is 0 Å². The minimum atomic E-state index is 0.0281. The van der Waals surface area contributed by atoms with Crippen molar-refractivity contribution in [3.05, 3.63) is 57.8 Å². The molecule has 0 bridgehead atoms. The van der Waals surface area contributed by atoms with Crippen molar-refractivity contribution in [3.8, 4) is 0 Å². The lowest BCUT2D eigenvalue weighted by atomic mass is 10.0. The van der Waals surface area contributed by atoms with E-state index in [9.17, 15) is 4.79 Å². The molecule has 1 fully saturated rings. The van der Waals surface area contributed by atoms with Gasteiger partial charge < -0.3 is 5.32 Å². The molecule has 0 saturated carbocycles. The van der Waals surface area contributed by atoms with Crippen LogP contribution >= 0.6 is 11.3 Å². The predicted molar refractivity (Wildman–Crippen MR) is 96.0 cm³/mol. The quantitative estimate of drug-likeness (QED) is 0.899. The van der Waals surface area contributed by atoms with E-state index < -0.39 is 0 Å². The van der Waals surface area contributed by atoms with E-state index in [2.05, 4.69) is 27.0 Å². The molecular weight excluding hydrogens is 304 g/mol. The molecular formula is C19H24N2OS. The number of nitrogens with one attached hydrogen (secondary N) is 1. The van der Waals surface area contributed by atoms with Gasteiger partial charge in [0.2, 0.25) is 0 Å². The molecule has 0 aliphatic carbocycles. The van der Waals surface area contributed by atoms with E-state index in [4.69, 9.17) is 0 Å². The molecule has 1 saturated heterocycles. The zero-order valence-electron chi connectivity index (χ0n) is 13.6. The molecule has 1 aliphatic rings. The van der Waals surface area contributed by atoms with Gasteiger partial charge in [0.1, 0.15) is 0 Å². The first-order chi connectivity index (χ1) is 11.3. The van der Waals surface area contributed by atoms with Crippen molar-refractivity contribution in [2.75, 3.05) is 19.6 Å². The lowest BCUT2D eigenvalue weighted by molar-refractivity contribution is 0.0924. The van der Waals surface area contributed by atoms with Gasteiger partial charge in [-0.2, -0.15) is 11.3 Å². The lowest BCUT2D eigenvalue weighted by Gasteiger charge is -2.34. The minimum absolute atomic E-state index is 0.0281. The standard InChI is InChI=1S/C19H24N2OS/c1-15-7-3-4-8-17(15)19(22)20-13-18(16-9-12-23-14-16)21-10-5-2-6-11-21/h3-4,7-9,12,14,18H,2,5-6,10-11,13H2,1H3,(H,20,22). The van der Waals surface area contributed by atoms with Gasteiger partial charge in [-0.05, 0) is 66.9 Å². The fourth-order valence-electron chi connectivity index (χ4n) is 3.26. The number of likely N-dealkylation sites (tertiary alicyclic amines) is 1.